The minimum atomic E-state index is -1.35. The normalized spacial score (nSPS) is 15.2. The molecular formula is C30H29N3O6S. The van der Waals surface area contributed by atoms with Gasteiger partial charge in [0.25, 0.3) is 11.5 Å². The Bertz CT molecular complexity index is 1660. The molecule has 1 aliphatic rings. The van der Waals surface area contributed by atoms with Crippen molar-refractivity contribution in [2.24, 2.45) is 13.0 Å². The molecule has 0 saturated carbocycles. The van der Waals surface area contributed by atoms with Crippen molar-refractivity contribution in [3.63, 3.8) is 0 Å². The molecule has 0 bridgehead atoms. The highest BCUT2D eigenvalue weighted by Crippen LogP contribution is 2.40. The summed E-state index contributed by atoms with van der Waals surface area (Å²) in [5.41, 5.74) is 1.28. The van der Waals surface area contributed by atoms with Crippen molar-refractivity contribution in [3.8, 4) is 0 Å². The van der Waals surface area contributed by atoms with E-state index < -0.39 is 23.9 Å². The molecule has 0 aliphatic heterocycles. The number of nitrogens with one attached hydrogen (secondary N) is 1. The van der Waals surface area contributed by atoms with E-state index in [1.165, 1.54) is 18.4 Å². The molecule has 0 fully saturated rings. The Hall–Kier alpha value is -4.31. The molecular weight excluding hydrogens is 530 g/mol. The number of aryl methyl sites for hydroxylation is 1. The van der Waals surface area contributed by atoms with Crippen LogP contribution in [0.5, 0.6) is 0 Å². The van der Waals surface area contributed by atoms with Crippen LogP contribution < -0.4 is 10.9 Å². The number of fused-ring (bicyclic) bond motifs is 2. The number of benzene rings is 2. The zero-order chi connectivity index (χ0) is 28.4. The van der Waals surface area contributed by atoms with Gasteiger partial charge >= 0.3 is 11.9 Å². The second-order valence-electron chi connectivity index (χ2n) is 9.78. The minimum absolute atomic E-state index is 0.0841. The molecule has 0 unspecified atom stereocenters. The van der Waals surface area contributed by atoms with E-state index in [2.05, 4.69) is 17.3 Å². The lowest BCUT2D eigenvalue weighted by atomic mass is 9.88. The lowest BCUT2D eigenvalue weighted by Crippen LogP contribution is -2.28. The molecule has 0 spiro atoms. The maximum Gasteiger partial charge on any atom is 0.360 e. The van der Waals surface area contributed by atoms with Crippen LogP contribution in [0.1, 0.15) is 63.2 Å². The maximum absolute atomic E-state index is 13.8. The number of esters is 2. The predicted molar refractivity (Wildman–Crippen MR) is 152 cm³/mol. The molecule has 4 aromatic rings. The summed E-state index contributed by atoms with van der Waals surface area (Å²) >= 11 is 1.36. The number of carbonyl (C=O) groups is 3. The molecule has 0 saturated heterocycles. The van der Waals surface area contributed by atoms with Gasteiger partial charge in [-0.05, 0) is 43.7 Å². The number of rotatable bonds is 7. The van der Waals surface area contributed by atoms with Crippen molar-refractivity contribution in [2.45, 2.75) is 39.2 Å². The molecule has 1 N–H and O–H groups in total. The summed E-state index contributed by atoms with van der Waals surface area (Å²) in [6, 6.07) is 15.2. The van der Waals surface area contributed by atoms with Gasteiger partial charge in [-0.2, -0.15) is 5.10 Å². The van der Waals surface area contributed by atoms with Gasteiger partial charge in [0.15, 0.2) is 5.69 Å². The van der Waals surface area contributed by atoms with E-state index in [1.807, 2.05) is 0 Å². The van der Waals surface area contributed by atoms with Crippen molar-refractivity contribution >= 4 is 45.0 Å². The van der Waals surface area contributed by atoms with Crippen molar-refractivity contribution in [3.05, 3.63) is 92.2 Å². The second kappa shape index (κ2) is 11.4. The summed E-state index contributed by atoms with van der Waals surface area (Å²) in [6.07, 6.45) is 1.12. The Labute approximate surface area is 234 Å². The van der Waals surface area contributed by atoms with Gasteiger partial charge in [0.1, 0.15) is 5.00 Å². The van der Waals surface area contributed by atoms with Crippen LogP contribution in [-0.2, 0) is 34.2 Å². The van der Waals surface area contributed by atoms with Gasteiger partial charge in [0, 0.05) is 22.9 Å². The van der Waals surface area contributed by atoms with Crippen molar-refractivity contribution in [1.82, 2.24) is 9.78 Å². The molecule has 2 atom stereocenters. The average molecular weight is 560 g/mol. The third-order valence-electron chi connectivity index (χ3n) is 6.94. The molecule has 2 heterocycles. The molecule has 10 heteroatoms. The molecule has 40 heavy (non-hydrogen) atoms. The van der Waals surface area contributed by atoms with Crippen molar-refractivity contribution in [2.75, 3.05) is 11.9 Å². The van der Waals surface area contributed by atoms with Gasteiger partial charge in [0.2, 0.25) is 6.10 Å². The summed E-state index contributed by atoms with van der Waals surface area (Å²) in [5.74, 6) is -1.50. The van der Waals surface area contributed by atoms with Gasteiger partial charge in [-0.25, -0.2) is 14.3 Å². The van der Waals surface area contributed by atoms with Crippen LogP contribution in [-0.4, -0.2) is 34.2 Å². The Morgan fingerprint density at radius 1 is 1.07 bits per heavy atom. The van der Waals surface area contributed by atoms with E-state index in [1.54, 1.807) is 61.5 Å². The highest BCUT2D eigenvalue weighted by atomic mass is 32.1. The average Bonchev–Trinajstić information content (AvgIpc) is 3.30. The number of hydrogen-bond acceptors (Lipinski definition) is 8. The number of nitrogens with zero attached hydrogens (tertiary/aromatic N) is 2. The lowest BCUT2D eigenvalue weighted by molar-refractivity contribution is -0.125. The molecule has 1 amide bonds. The smallest absolute Gasteiger partial charge is 0.360 e. The highest BCUT2D eigenvalue weighted by molar-refractivity contribution is 7.17. The third kappa shape index (κ3) is 5.27. The molecule has 2 aromatic heterocycles. The topological polar surface area (TPSA) is 117 Å². The predicted octanol–water partition coefficient (Wildman–Crippen LogP) is 4.83. The van der Waals surface area contributed by atoms with Gasteiger partial charge in [0.05, 0.1) is 17.6 Å². The summed E-state index contributed by atoms with van der Waals surface area (Å²) < 4.78 is 12.2. The SMILES string of the molecule is CCOC(=O)c1c(NC(=O)[C@@H](OC(=O)c2nn(C)c(=O)c3ccccc23)c2ccccc2)sc2c1CC[C@H](C)C2. The summed E-state index contributed by atoms with van der Waals surface area (Å²) in [5, 5.41) is 8.02. The van der Waals surface area contributed by atoms with Gasteiger partial charge in [-0.15, -0.1) is 11.3 Å². The molecule has 2 aromatic carbocycles. The van der Waals surface area contributed by atoms with E-state index in [0.717, 1.165) is 34.4 Å². The second-order valence-corrected chi connectivity index (χ2v) is 10.9. The molecule has 206 valence electrons. The summed E-state index contributed by atoms with van der Waals surface area (Å²) in [6.45, 7) is 4.10. The summed E-state index contributed by atoms with van der Waals surface area (Å²) in [4.78, 5) is 53.8. The maximum atomic E-state index is 13.8. The van der Waals surface area contributed by atoms with Gasteiger partial charge in [-0.3, -0.25) is 9.59 Å². The van der Waals surface area contributed by atoms with Gasteiger partial charge in [-0.1, -0.05) is 55.5 Å². The first-order valence-electron chi connectivity index (χ1n) is 13.1. The van der Waals surface area contributed by atoms with Crippen LogP contribution in [0.4, 0.5) is 5.00 Å². The first-order chi connectivity index (χ1) is 19.3. The van der Waals surface area contributed by atoms with Crippen molar-refractivity contribution in [1.29, 1.82) is 0 Å². The van der Waals surface area contributed by atoms with Crippen LogP contribution in [0.15, 0.2) is 59.4 Å². The highest BCUT2D eigenvalue weighted by Gasteiger charge is 2.33. The van der Waals surface area contributed by atoms with Gasteiger partial charge < -0.3 is 14.8 Å². The number of ether oxygens (including phenoxy) is 2. The molecule has 1 aliphatic carbocycles. The Morgan fingerprint density at radius 2 is 1.77 bits per heavy atom. The molecule has 0 radical (unpaired) electrons. The first-order valence-corrected chi connectivity index (χ1v) is 13.9. The van der Waals surface area contributed by atoms with Crippen LogP contribution in [0.25, 0.3) is 10.8 Å². The van der Waals surface area contributed by atoms with E-state index >= 15 is 0 Å². The van der Waals surface area contributed by atoms with Crippen LogP contribution in [0.3, 0.4) is 0 Å². The molecule has 9 nitrogen and oxygen atoms in total. The zero-order valence-electron chi connectivity index (χ0n) is 22.4. The van der Waals surface area contributed by atoms with E-state index in [0.29, 0.717) is 32.8 Å². The number of aromatic nitrogens is 2. The number of thiophene rings is 1. The first kappa shape index (κ1) is 27.3. The zero-order valence-corrected chi connectivity index (χ0v) is 23.2. The largest absolute Gasteiger partial charge is 0.462 e. The number of hydrogen-bond donors (Lipinski definition) is 1. The van der Waals surface area contributed by atoms with Crippen LogP contribution >= 0.6 is 11.3 Å². The number of anilines is 1. The fourth-order valence-electron chi connectivity index (χ4n) is 4.95. The Balaban J connectivity index is 1.51. The van der Waals surface area contributed by atoms with Crippen LogP contribution in [0, 0.1) is 5.92 Å². The Kier molecular flexibility index (Phi) is 7.79. The van der Waals surface area contributed by atoms with Crippen molar-refractivity contribution < 1.29 is 23.9 Å². The monoisotopic (exact) mass is 559 g/mol. The lowest BCUT2D eigenvalue weighted by Gasteiger charge is -2.19. The van der Waals surface area contributed by atoms with E-state index in [4.69, 9.17) is 9.47 Å². The number of carbonyl (C=O) groups excluding carboxylic acids is 3. The quantitative estimate of drug-likeness (QED) is 0.322. The van der Waals surface area contributed by atoms with E-state index in [9.17, 15) is 19.2 Å². The Morgan fingerprint density at radius 3 is 2.50 bits per heavy atom. The third-order valence-corrected chi connectivity index (χ3v) is 8.11. The fourth-order valence-corrected chi connectivity index (χ4v) is 6.35. The fraction of sp³-hybridized carbons (Fsp3) is 0.300. The van der Waals surface area contributed by atoms with Crippen LogP contribution in [0.2, 0.25) is 0 Å². The number of amides is 1. The standard InChI is InChI=1S/C30H29N3O6S/c1-4-38-29(36)23-21-15-14-17(2)16-22(21)40-27(23)31-26(34)25(18-10-6-5-7-11-18)39-30(37)24-19-12-8-9-13-20(19)28(35)33(3)32-24/h5-13,17,25H,4,14-16H2,1-3H3,(H,31,34)/t17-,25-/m0/s1. The molecule has 5 rings (SSSR count). The summed E-state index contributed by atoms with van der Waals surface area (Å²) in [7, 11) is 1.45. The minimum Gasteiger partial charge on any atom is -0.462 e. The van der Waals surface area contributed by atoms with E-state index in [-0.39, 0.29) is 17.9 Å².